The summed E-state index contributed by atoms with van der Waals surface area (Å²) in [5.41, 5.74) is 3.40. The first-order chi connectivity index (χ1) is 15.0. The predicted octanol–water partition coefficient (Wildman–Crippen LogP) is 4.15. The molecule has 2 aromatic rings. The molecule has 0 spiro atoms. The van der Waals surface area contributed by atoms with Crippen molar-refractivity contribution in [3.63, 3.8) is 0 Å². The average molecular weight is 558 g/mol. The third-order valence-corrected chi connectivity index (χ3v) is 5.57. The van der Waals surface area contributed by atoms with Crippen molar-refractivity contribution in [2.75, 3.05) is 31.1 Å². The molecule has 8 heteroatoms. The first kappa shape index (κ1) is 26.3. The molecule has 3 N–H and O–H groups in total. The van der Waals surface area contributed by atoms with Crippen molar-refractivity contribution < 1.29 is 13.9 Å². The fourth-order valence-electron chi connectivity index (χ4n) is 3.78. The molecule has 32 heavy (non-hydrogen) atoms. The van der Waals surface area contributed by atoms with Crippen LogP contribution in [0.25, 0.3) is 0 Å². The molecule has 1 heterocycles. The molecule has 0 unspecified atom stereocenters. The molecule has 2 aromatic carbocycles. The van der Waals surface area contributed by atoms with E-state index in [1.165, 1.54) is 12.1 Å². The molecule has 5 nitrogen and oxygen atoms in total. The van der Waals surface area contributed by atoms with Gasteiger partial charge in [-0.3, -0.25) is 0 Å². The largest absolute Gasteiger partial charge is 0.393 e. The zero-order valence-corrected chi connectivity index (χ0v) is 21.0. The minimum absolute atomic E-state index is 0. The number of hydrogen-bond donors (Lipinski definition) is 3. The highest BCUT2D eigenvalue weighted by Gasteiger charge is 2.19. The SMILES string of the molecule is CCNC(=NCc1ccc(N2CCC(O)CC2)c(F)c1)NCCc1ccc(F)cc1C.I. The second kappa shape index (κ2) is 12.9. The van der Waals surface area contributed by atoms with E-state index in [1.807, 2.05) is 30.9 Å². The molecular formula is C24H33F2IN4O. The van der Waals surface area contributed by atoms with Gasteiger partial charge in [-0.25, -0.2) is 13.8 Å². The van der Waals surface area contributed by atoms with Gasteiger partial charge in [0.15, 0.2) is 5.96 Å². The van der Waals surface area contributed by atoms with Gasteiger partial charge in [0, 0.05) is 26.2 Å². The number of piperidine rings is 1. The van der Waals surface area contributed by atoms with E-state index in [0.717, 1.165) is 29.7 Å². The van der Waals surface area contributed by atoms with E-state index >= 15 is 0 Å². The van der Waals surface area contributed by atoms with E-state index in [-0.39, 0.29) is 41.7 Å². The Morgan fingerprint density at radius 3 is 2.53 bits per heavy atom. The summed E-state index contributed by atoms with van der Waals surface area (Å²) in [6, 6.07) is 10.1. The van der Waals surface area contributed by atoms with Crippen molar-refractivity contribution in [1.82, 2.24) is 10.6 Å². The lowest BCUT2D eigenvalue weighted by Gasteiger charge is -2.31. The number of nitrogens with zero attached hydrogens (tertiary/aromatic N) is 2. The van der Waals surface area contributed by atoms with Crippen LogP contribution in [0.15, 0.2) is 41.4 Å². The summed E-state index contributed by atoms with van der Waals surface area (Å²) in [5.74, 6) is 0.186. The van der Waals surface area contributed by atoms with E-state index in [4.69, 9.17) is 0 Å². The van der Waals surface area contributed by atoms with Crippen molar-refractivity contribution in [1.29, 1.82) is 0 Å². The maximum Gasteiger partial charge on any atom is 0.191 e. The van der Waals surface area contributed by atoms with Gasteiger partial charge >= 0.3 is 0 Å². The highest BCUT2D eigenvalue weighted by Crippen LogP contribution is 2.24. The Morgan fingerprint density at radius 2 is 1.88 bits per heavy atom. The average Bonchev–Trinajstić information content (AvgIpc) is 2.74. The number of nitrogens with one attached hydrogen (secondary N) is 2. The quantitative estimate of drug-likeness (QED) is 0.272. The van der Waals surface area contributed by atoms with Crippen molar-refractivity contribution in [2.45, 2.75) is 45.8 Å². The third kappa shape index (κ3) is 7.58. The molecule has 0 aromatic heterocycles. The smallest absolute Gasteiger partial charge is 0.191 e. The Hall–Kier alpha value is -1.94. The Balaban J connectivity index is 0.00000363. The number of benzene rings is 2. The van der Waals surface area contributed by atoms with Crippen LogP contribution >= 0.6 is 24.0 Å². The molecule has 1 fully saturated rings. The molecule has 1 aliphatic rings. The van der Waals surface area contributed by atoms with Gasteiger partial charge < -0.3 is 20.6 Å². The number of anilines is 1. The summed E-state index contributed by atoms with van der Waals surface area (Å²) < 4.78 is 27.9. The molecule has 0 saturated carbocycles. The number of aliphatic hydroxyl groups is 1. The van der Waals surface area contributed by atoms with E-state index in [9.17, 15) is 13.9 Å². The minimum Gasteiger partial charge on any atom is -0.393 e. The summed E-state index contributed by atoms with van der Waals surface area (Å²) in [6.07, 6.45) is 1.81. The van der Waals surface area contributed by atoms with E-state index < -0.39 is 0 Å². The third-order valence-electron chi connectivity index (χ3n) is 5.57. The van der Waals surface area contributed by atoms with E-state index in [2.05, 4.69) is 15.6 Å². The van der Waals surface area contributed by atoms with Crippen LogP contribution in [0.4, 0.5) is 14.5 Å². The number of aryl methyl sites for hydroxylation is 1. The van der Waals surface area contributed by atoms with Gasteiger partial charge in [-0.1, -0.05) is 12.1 Å². The molecule has 3 rings (SSSR count). The van der Waals surface area contributed by atoms with Gasteiger partial charge in [0.2, 0.25) is 0 Å². The summed E-state index contributed by atoms with van der Waals surface area (Å²) in [4.78, 5) is 6.55. The zero-order valence-electron chi connectivity index (χ0n) is 18.7. The number of halogens is 3. The highest BCUT2D eigenvalue weighted by molar-refractivity contribution is 14.0. The molecule has 0 amide bonds. The Labute approximate surface area is 206 Å². The zero-order chi connectivity index (χ0) is 22.2. The topological polar surface area (TPSA) is 59.9 Å². The standard InChI is InChI=1S/C24H32F2N4O.HI/c1-3-27-24(28-11-8-19-5-6-20(25)14-17(19)2)29-16-18-4-7-23(22(26)15-18)30-12-9-21(31)10-13-30;/h4-7,14-15,21,31H,3,8-13,16H2,1-2H3,(H2,27,28,29);1H. The second-order valence-electron chi connectivity index (χ2n) is 7.95. The van der Waals surface area contributed by atoms with Crippen LogP contribution < -0.4 is 15.5 Å². The summed E-state index contributed by atoms with van der Waals surface area (Å²) in [7, 11) is 0. The van der Waals surface area contributed by atoms with E-state index in [0.29, 0.717) is 50.7 Å². The summed E-state index contributed by atoms with van der Waals surface area (Å²) >= 11 is 0. The van der Waals surface area contributed by atoms with Gasteiger partial charge in [-0.2, -0.15) is 0 Å². The Kier molecular flexibility index (Phi) is 10.6. The van der Waals surface area contributed by atoms with Gasteiger partial charge in [0.25, 0.3) is 0 Å². The Bertz CT molecular complexity index is 902. The molecule has 0 atom stereocenters. The second-order valence-corrected chi connectivity index (χ2v) is 7.95. The Morgan fingerprint density at radius 1 is 1.12 bits per heavy atom. The molecule has 1 aliphatic heterocycles. The van der Waals surface area contributed by atoms with Gasteiger partial charge in [0.1, 0.15) is 11.6 Å². The minimum atomic E-state index is -0.281. The number of hydrogen-bond acceptors (Lipinski definition) is 3. The van der Waals surface area contributed by atoms with Gasteiger partial charge in [-0.05, 0) is 74.1 Å². The summed E-state index contributed by atoms with van der Waals surface area (Å²) in [5, 5.41) is 16.1. The molecule has 0 aliphatic carbocycles. The molecule has 176 valence electrons. The predicted molar refractivity (Wildman–Crippen MR) is 137 cm³/mol. The van der Waals surface area contributed by atoms with Crippen LogP contribution in [0.2, 0.25) is 0 Å². The van der Waals surface area contributed by atoms with Crippen LogP contribution in [-0.2, 0) is 13.0 Å². The normalized spacial score (nSPS) is 14.8. The lowest BCUT2D eigenvalue weighted by molar-refractivity contribution is 0.145. The fourth-order valence-corrected chi connectivity index (χ4v) is 3.78. The van der Waals surface area contributed by atoms with Crippen LogP contribution in [0, 0.1) is 18.6 Å². The van der Waals surface area contributed by atoms with Crippen LogP contribution in [0.3, 0.4) is 0 Å². The monoisotopic (exact) mass is 558 g/mol. The van der Waals surface area contributed by atoms with Crippen molar-refractivity contribution in [2.24, 2.45) is 4.99 Å². The van der Waals surface area contributed by atoms with Gasteiger partial charge in [-0.15, -0.1) is 24.0 Å². The summed E-state index contributed by atoms with van der Waals surface area (Å²) in [6.45, 7) is 6.96. The highest BCUT2D eigenvalue weighted by atomic mass is 127. The van der Waals surface area contributed by atoms with Crippen molar-refractivity contribution >= 4 is 35.6 Å². The fraction of sp³-hybridized carbons (Fsp3) is 0.458. The van der Waals surface area contributed by atoms with E-state index in [1.54, 1.807) is 12.1 Å². The number of guanidine groups is 1. The van der Waals surface area contributed by atoms with Crippen LogP contribution in [0.1, 0.15) is 36.5 Å². The first-order valence-corrected chi connectivity index (χ1v) is 10.9. The number of aliphatic hydroxyl groups excluding tert-OH is 1. The van der Waals surface area contributed by atoms with Crippen LogP contribution in [0.5, 0.6) is 0 Å². The lowest BCUT2D eigenvalue weighted by Crippen LogP contribution is -2.38. The molecular weight excluding hydrogens is 525 g/mol. The van der Waals surface area contributed by atoms with Crippen LogP contribution in [-0.4, -0.2) is 43.3 Å². The molecule has 0 radical (unpaired) electrons. The van der Waals surface area contributed by atoms with Gasteiger partial charge in [0.05, 0.1) is 18.3 Å². The van der Waals surface area contributed by atoms with Crippen molar-refractivity contribution in [3.8, 4) is 0 Å². The maximum atomic E-state index is 14.7. The number of aliphatic imine (C=N–C) groups is 1. The molecule has 0 bridgehead atoms. The number of rotatable bonds is 7. The van der Waals surface area contributed by atoms with Crippen molar-refractivity contribution in [3.05, 3.63) is 64.7 Å². The lowest BCUT2D eigenvalue weighted by atomic mass is 10.1. The maximum absolute atomic E-state index is 14.7. The molecule has 1 saturated heterocycles. The first-order valence-electron chi connectivity index (χ1n) is 10.9.